The van der Waals surface area contributed by atoms with E-state index in [0.717, 1.165) is 24.8 Å². The van der Waals surface area contributed by atoms with E-state index in [-0.39, 0.29) is 40.2 Å². The minimum absolute atomic E-state index is 0. The van der Waals surface area contributed by atoms with Gasteiger partial charge in [0.25, 0.3) is 0 Å². The third-order valence-electron chi connectivity index (χ3n) is 9.79. The third kappa shape index (κ3) is 24.5. The van der Waals surface area contributed by atoms with Crippen LogP contribution in [0.2, 0.25) is 0 Å². The lowest BCUT2D eigenvalue weighted by Gasteiger charge is -2.35. The second-order valence-corrected chi connectivity index (χ2v) is 13.9. The smallest absolute Gasteiger partial charge is 0.330 e. The summed E-state index contributed by atoms with van der Waals surface area (Å²) in [5.74, 6) is 1.81. The van der Waals surface area contributed by atoms with Crippen molar-refractivity contribution in [2.45, 2.75) is 115 Å². The molecule has 0 aromatic heterocycles. The average Bonchev–Trinajstić information content (AvgIpc) is 3.11. The molecule has 12 nitrogen and oxygen atoms in total. The number of esters is 2. The Morgan fingerprint density at radius 1 is 0.588 bits per heavy atom. The molecule has 2 atom stereocenters. The quantitative estimate of drug-likeness (QED) is 0.0371. The molecule has 0 heterocycles. The van der Waals surface area contributed by atoms with Gasteiger partial charge in [-0.2, -0.15) is 0 Å². The normalized spacial score (nSPS) is 22.8. The van der Waals surface area contributed by atoms with E-state index in [4.69, 9.17) is 29.0 Å². The standard InChI is InChI=1S/C23H39NO4.C16H26O4.3H2O/c1-4-14-27-28-17-20(16-26-23(25)5-2)15-19-8-12-22(13-9-19)24-21-10-6-18(3)7-11-21;1-3-10-19-20-13-15(12-18-16(17)4-2)11-14-8-6-5-7-9-14;;;/h4-5,18-22,24H,1-2,6-17H2,3H3;3-4,14-15H,1-2,5-13H2;3*1H2. The van der Waals surface area contributed by atoms with Gasteiger partial charge >= 0.3 is 11.9 Å². The molecule has 0 aromatic rings. The van der Waals surface area contributed by atoms with Gasteiger partial charge in [0.1, 0.15) is 13.2 Å². The van der Waals surface area contributed by atoms with Crippen LogP contribution in [0.5, 0.6) is 0 Å². The molecule has 0 spiro atoms. The predicted octanol–water partition coefficient (Wildman–Crippen LogP) is 5.55. The van der Waals surface area contributed by atoms with Crippen molar-refractivity contribution >= 4 is 11.9 Å². The molecule has 12 heteroatoms. The highest BCUT2D eigenvalue weighted by atomic mass is 17.2. The fourth-order valence-electron chi connectivity index (χ4n) is 7.06. The van der Waals surface area contributed by atoms with Gasteiger partial charge in [0.15, 0.2) is 0 Å². The average molecular weight is 730 g/mol. The van der Waals surface area contributed by atoms with Crippen molar-refractivity contribution in [3.8, 4) is 0 Å². The van der Waals surface area contributed by atoms with E-state index in [1.54, 1.807) is 12.2 Å². The van der Waals surface area contributed by atoms with Gasteiger partial charge in [0.2, 0.25) is 0 Å². The Morgan fingerprint density at radius 3 is 1.41 bits per heavy atom. The van der Waals surface area contributed by atoms with E-state index in [9.17, 15) is 9.59 Å². The molecule has 3 saturated carbocycles. The summed E-state index contributed by atoms with van der Waals surface area (Å²) in [6, 6.07) is 1.39. The van der Waals surface area contributed by atoms with E-state index in [0.29, 0.717) is 57.5 Å². The molecule has 3 fully saturated rings. The molecule has 3 aliphatic rings. The number of nitrogens with one attached hydrogen (secondary N) is 1. The lowest BCUT2D eigenvalue weighted by atomic mass is 9.80. The van der Waals surface area contributed by atoms with Crippen molar-refractivity contribution in [1.29, 1.82) is 0 Å². The molecular weight excluding hydrogens is 658 g/mol. The van der Waals surface area contributed by atoms with Crippen LogP contribution in [-0.4, -0.2) is 80.1 Å². The van der Waals surface area contributed by atoms with Gasteiger partial charge in [0.05, 0.1) is 26.4 Å². The minimum atomic E-state index is -0.384. The highest BCUT2D eigenvalue weighted by molar-refractivity contribution is 5.81. The molecule has 0 aromatic carbocycles. The van der Waals surface area contributed by atoms with Gasteiger partial charge in [-0.25, -0.2) is 29.1 Å². The van der Waals surface area contributed by atoms with Crippen LogP contribution in [0.25, 0.3) is 0 Å². The van der Waals surface area contributed by atoms with Crippen molar-refractivity contribution in [2.24, 2.45) is 29.6 Å². The van der Waals surface area contributed by atoms with E-state index >= 15 is 0 Å². The molecule has 7 N–H and O–H groups in total. The topological polar surface area (TPSA) is 196 Å². The molecule has 2 unspecified atom stereocenters. The summed E-state index contributed by atoms with van der Waals surface area (Å²) in [6.07, 6.45) is 24.5. The maximum absolute atomic E-state index is 11.4. The second-order valence-electron chi connectivity index (χ2n) is 13.9. The summed E-state index contributed by atoms with van der Waals surface area (Å²) in [7, 11) is 0. The summed E-state index contributed by atoms with van der Waals surface area (Å²) < 4.78 is 10.4. The van der Waals surface area contributed by atoms with Gasteiger partial charge in [-0.1, -0.05) is 64.3 Å². The van der Waals surface area contributed by atoms with Crippen LogP contribution in [0, 0.1) is 29.6 Å². The van der Waals surface area contributed by atoms with Gasteiger partial charge in [0, 0.05) is 36.1 Å². The first-order valence-electron chi connectivity index (χ1n) is 18.4. The molecule has 3 aliphatic carbocycles. The third-order valence-corrected chi connectivity index (χ3v) is 9.79. The van der Waals surface area contributed by atoms with Crippen LogP contribution in [0.1, 0.15) is 103 Å². The Bertz CT molecular complexity index is 911. The number of ether oxygens (including phenoxy) is 2. The number of hydrogen-bond donors (Lipinski definition) is 1. The number of rotatable bonds is 22. The molecular formula is C39H71NO11. The summed E-state index contributed by atoms with van der Waals surface area (Å²) in [6.45, 7) is 18.7. The van der Waals surface area contributed by atoms with Crippen LogP contribution in [0.3, 0.4) is 0 Å². The van der Waals surface area contributed by atoms with Crippen molar-refractivity contribution in [3.05, 3.63) is 50.6 Å². The van der Waals surface area contributed by atoms with Crippen LogP contribution < -0.4 is 5.32 Å². The maximum Gasteiger partial charge on any atom is 0.330 e. The molecule has 0 saturated heterocycles. The van der Waals surface area contributed by atoms with Crippen LogP contribution >= 0.6 is 0 Å². The number of carbonyl (C=O) groups is 2. The van der Waals surface area contributed by atoms with E-state index < -0.39 is 0 Å². The Balaban J connectivity index is 0. The zero-order chi connectivity index (χ0) is 34.8. The van der Waals surface area contributed by atoms with E-state index in [1.807, 2.05) is 0 Å². The van der Waals surface area contributed by atoms with E-state index in [1.165, 1.54) is 95.6 Å². The Kier molecular flexibility index (Phi) is 32.1. The molecule has 51 heavy (non-hydrogen) atoms. The SMILES string of the molecule is C=CCOOCC(COC(=O)C=C)CC1CCC(NC2CCC(C)CC2)CC1.C=CCOOCC(COC(=O)C=C)CC1CCCCC1.O.O.O. The van der Waals surface area contributed by atoms with Crippen molar-refractivity contribution in [2.75, 3.05) is 39.6 Å². The highest BCUT2D eigenvalue weighted by Gasteiger charge is 2.27. The van der Waals surface area contributed by atoms with Crippen LogP contribution in [0.4, 0.5) is 0 Å². The Labute approximate surface area is 307 Å². The number of carbonyl (C=O) groups excluding carboxylic acids is 2. The molecule has 298 valence electrons. The minimum Gasteiger partial charge on any atom is -0.462 e. The Morgan fingerprint density at radius 2 is 1.00 bits per heavy atom. The summed E-state index contributed by atoms with van der Waals surface area (Å²) in [5.41, 5.74) is 0. The van der Waals surface area contributed by atoms with Crippen LogP contribution in [0.15, 0.2) is 50.6 Å². The number of hydrogen-bond acceptors (Lipinski definition) is 9. The van der Waals surface area contributed by atoms with Crippen molar-refractivity contribution in [1.82, 2.24) is 5.32 Å². The highest BCUT2D eigenvalue weighted by Crippen LogP contribution is 2.32. The first-order valence-corrected chi connectivity index (χ1v) is 18.4. The summed E-state index contributed by atoms with van der Waals surface area (Å²) >= 11 is 0. The zero-order valence-corrected chi connectivity index (χ0v) is 31.3. The molecule has 0 amide bonds. The Hall–Kier alpha value is -2.42. The first kappa shape index (κ1) is 50.7. The fraction of sp³-hybridized carbons (Fsp3) is 0.744. The first-order chi connectivity index (χ1) is 23.4. The maximum atomic E-state index is 11.4. The lowest BCUT2D eigenvalue weighted by Crippen LogP contribution is -2.42. The summed E-state index contributed by atoms with van der Waals surface area (Å²) in [4.78, 5) is 43.0. The molecule has 0 bridgehead atoms. The van der Waals surface area contributed by atoms with E-state index in [2.05, 4.69) is 38.6 Å². The predicted molar refractivity (Wildman–Crippen MR) is 200 cm³/mol. The monoisotopic (exact) mass is 730 g/mol. The molecule has 3 rings (SSSR count). The largest absolute Gasteiger partial charge is 0.462 e. The second kappa shape index (κ2) is 32.2. The molecule has 0 aliphatic heterocycles. The van der Waals surface area contributed by atoms with Crippen molar-refractivity contribution < 1.29 is 55.0 Å². The van der Waals surface area contributed by atoms with Crippen molar-refractivity contribution in [3.63, 3.8) is 0 Å². The molecule has 0 radical (unpaired) electrons. The lowest BCUT2D eigenvalue weighted by molar-refractivity contribution is -0.295. The zero-order valence-electron chi connectivity index (χ0n) is 31.3. The van der Waals surface area contributed by atoms with Gasteiger partial charge in [-0.15, -0.1) is 13.2 Å². The summed E-state index contributed by atoms with van der Waals surface area (Å²) in [5, 5.41) is 3.91. The van der Waals surface area contributed by atoms with Gasteiger partial charge in [-0.3, -0.25) is 0 Å². The van der Waals surface area contributed by atoms with Gasteiger partial charge in [-0.05, 0) is 82.0 Å². The van der Waals surface area contributed by atoms with Gasteiger partial charge < -0.3 is 31.2 Å². The van der Waals surface area contributed by atoms with Crippen LogP contribution in [-0.2, 0) is 38.6 Å². The fourth-order valence-corrected chi connectivity index (χ4v) is 7.06.